The minimum absolute atomic E-state index is 0.00447. The molecule has 3 aliphatic rings. The van der Waals surface area contributed by atoms with Crippen LogP contribution in [0, 0.1) is 30.1 Å². The fourth-order valence-corrected chi connectivity index (χ4v) is 8.38. The summed E-state index contributed by atoms with van der Waals surface area (Å²) in [6, 6.07) is 11.8. The van der Waals surface area contributed by atoms with E-state index in [9.17, 15) is 39.0 Å². The molecular weight excluding hydrogens is 887 g/mol. The van der Waals surface area contributed by atoms with E-state index in [-0.39, 0.29) is 53.7 Å². The van der Waals surface area contributed by atoms with E-state index in [2.05, 4.69) is 35.9 Å². The molecule has 1 aromatic carbocycles. The molecule has 17 heteroatoms. The zero-order valence-corrected chi connectivity index (χ0v) is 42.5. The lowest BCUT2D eigenvalue weighted by Gasteiger charge is -2.61. The second-order valence-corrected chi connectivity index (χ2v) is 18.9. The van der Waals surface area contributed by atoms with Crippen LogP contribution in [0.3, 0.4) is 0 Å². The Kier molecular flexibility index (Phi) is 26.9. The van der Waals surface area contributed by atoms with Gasteiger partial charge in [-0.2, -0.15) is 0 Å². The number of methoxy groups -OCH3 is 1. The number of aliphatic hydroxyl groups is 3. The highest BCUT2D eigenvalue weighted by Gasteiger charge is 2.68. The molecule has 0 bridgehead atoms. The van der Waals surface area contributed by atoms with Crippen molar-refractivity contribution in [2.75, 3.05) is 27.4 Å². The fraction of sp³-hybridized carbons (Fsp3) is 0.600. The average Bonchev–Trinajstić information content (AvgIpc) is 3.83. The monoisotopic (exact) mass is 961 g/mol. The van der Waals surface area contributed by atoms with Crippen LogP contribution in [0.2, 0.25) is 0 Å². The molecule has 2 aromatic rings. The lowest BCUT2D eigenvalue weighted by molar-refractivity contribution is -0.315. The summed E-state index contributed by atoms with van der Waals surface area (Å²) in [7, 11) is 2.31. The van der Waals surface area contributed by atoms with E-state index in [1.165, 1.54) is 51.5 Å². The van der Waals surface area contributed by atoms with Crippen LogP contribution < -0.4 is 5.32 Å². The van der Waals surface area contributed by atoms with Crippen LogP contribution in [0.15, 0.2) is 64.8 Å². The number of furan rings is 1. The van der Waals surface area contributed by atoms with Gasteiger partial charge in [0.05, 0.1) is 49.5 Å². The van der Waals surface area contributed by atoms with Gasteiger partial charge in [-0.25, -0.2) is 4.79 Å². The minimum Gasteiger partial charge on any atom is -0.469 e. The SMILES string of the molecule is C#C.CC.CC(=O)O[C@H](C)C(=O)[C@@]1(C)[C@H](C)[C@]2(OC(C)=O)CO[C@@H]2C[C@@H]1O.CC1=CC(C)[C@](O)(COC(=O)c2ccccc2)CC1.CO.COC(=O)C[C@@H](NC(=O)SC(C)(C)C)c1ccco1. The molecule has 1 amide bonds. The third kappa shape index (κ3) is 18.2. The van der Waals surface area contributed by atoms with Gasteiger partial charge in [0.25, 0.3) is 5.24 Å². The molecule has 5 rings (SSSR count). The van der Waals surface area contributed by atoms with Gasteiger partial charge < -0.3 is 48.7 Å². The van der Waals surface area contributed by atoms with Gasteiger partial charge in [0.1, 0.15) is 24.1 Å². The van der Waals surface area contributed by atoms with Gasteiger partial charge >= 0.3 is 23.9 Å². The third-order valence-corrected chi connectivity index (χ3v) is 12.3. The van der Waals surface area contributed by atoms with Crippen LogP contribution in [0.4, 0.5) is 4.79 Å². The number of fused-ring (bicyclic) bond motifs is 1. The Morgan fingerprint density at radius 3 is 2.04 bits per heavy atom. The molecule has 16 nitrogen and oxygen atoms in total. The number of carbonyl (C=O) groups excluding carboxylic acids is 6. The summed E-state index contributed by atoms with van der Waals surface area (Å²) in [6.45, 7) is 21.5. The molecule has 0 spiro atoms. The zero-order valence-electron chi connectivity index (χ0n) is 41.7. The van der Waals surface area contributed by atoms with E-state index in [4.69, 9.17) is 28.5 Å². The Balaban J connectivity index is 0.000000927. The summed E-state index contributed by atoms with van der Waals surface area (Å²) >= 11 is 1.17. The molecule has 2 aliphatic carbocycles. The van der Waals surface area contributed by atoms with Crippen molar-refractivity contribution in [1.82, 2.24) is 5.32 Å². The molecule has 1 aromatic heterocycles. The number of allylic oxidation sites excluding steroid dienone is 1. The number of benzene rings is 1. The maximum absolute atomic E-state index is 12.9. The molecule has 1 saturated heterocycles. The van der Waals surface area contributed by atoms with Gasteiger partial charge in [-0.15, -0.1) is 12.8 Å². The first-order valence-electron chi connectivity index (χ1n) is 22.1. The van der Waals surface area contributed by atoms with E-state index >= 15 is 0 Å². The smallest absolute Gasteiger partial charge is 0.338 e. The maximum Gasteiger partial charge on any atom is 0.338 e. The van der Waals surface area contributed by atoms with Gasteiger partial charge in [0.15, 0.2) is 17.5 Å². The number of amides is 1. The van der Waals surface area contributed by atoms with Gasteiger partial charge in [-0.1, -0.05) is 90.1 Å². The van der Waals surface area contributed by atoms with Gasteiger partial charge in [-0.3, -0.25) is 24.0 Å². The molecule has 2 heterocycles. The number of hydrogen-bond donors (Lipinski definition) is 4. The largest absolute Gasteiger partial charge is 0.469 e. The van der Waals surface area contributed by atoms with E-state index in [0.717, 1.165) is 13.5 Å². The quantitative estimate of drug-likeness (QED) is 0.0735. The first-order valence-corrected chi connectivity index (χ1v) is 22.9. The van der Waals surface area contributed by atoms with E-state index in [0.29, 0.717) is 17.7 Å². The number of hydrogen-bond acceptors (Lipinski definition) is 16. The topological polar surface area (TPSA) is 234 Å². The molecule has 9 atom stereocenters. The lowest BCUT2D eigenvalue weighted by atomic mass is 9.54. The number of esters is 4. The van der Waals surface area contributed by atoms with Crippen molar-refractivity contribution < 1.29 is 72.2 Å². The lowest BCUT2D eigenvalue weighted by Crippen LogP contribution is -2.74. The highest BCUT2D eigenvalue weighted by atomic mass is 32.2. The van der Waals surface area contributed by atoms with Crippen LogP contribution in [-0.4, -0.2) is 112 Å². The summed E-state index contributed by atoms with van der Waals surface area (Å²) in [5.74, 6) is -2.12. The van der Waals surface area contributed by atoms with Gasteiger partial charge in [0, 0.05) is 44.0 Å². The van der Waals surface area contributed by atoms with Crippen LogP contribution in [0.1, 0.15) is 131 Å². The predicted molar refractivity (Wildman–Crippen MR) is 256 cm³/mol. The van der Waals surface area contributed by atoms with Crippen molar-refractivity contribution in [3.05, 3.63) is 71.7 Å². The van der Waals surface area contributed by atoms with Crippen molar-refractivity contribution in [3.63, 3.8) is 0 Å². The molecule has 1 aliphatic heterocycles. The van der Waals surface area contributed by atoms with Gasteiger partial charge in [-0.05, 0) is 57.9 Å². The van der Waals surface area contributed by atoms with Gasteiger partial charge in [0.2, 0.25) is 0 Å². The third-order valence-electron chi connectivity index (χ3n) is 11.4. The second kappa shape index (κ2) is 29.0. The van der Waals surface area contributed by atoms with Crippen LogP contribution in [0.5, 0.6) is 0 Å². The Morgan fingerprint density at radius 2 is 1.58 bits per heavy atom. The predicted octanol–water partition coefficient (Wildman–Crippen LogP) is 7.57. The molecule has 4 N–H and O–H groups in total. The number of ether oxygens (including phenoxy) is 5. The number of aliphatic hydroxyl groups excluding tert-OH is 2. The summed E-state index contributed by atoms with van der Waals surface area (Å²) in [5, 5.41) is 30.6. The normalized spacial score (nSPS) is 25.3. The van der Waals surface area contributed by atoms with Crippen molar-refractivity contribution in [1.29, 1.82) is 0 Å². The van der Waals surface area contributed by atoms with Crippen molar-refractivity contribution in [2.24, 2.45) is 17.3 Å². The molecule has 1 saturated carbocycles. The van der Waals surface area contributed by atoms with Crippen LogP contribution in [0.25, 0.3) is 0 Å². The zero-order chi connectivity index (χ0) is 51.9. The van der Waals surface area contributed by atoms with Crippen LogP contribution in [-0.2, 0) is 42.9 Å². The van der Waals surface area contributed by atoms with Crippen molar-refractivity contribution >= 4 is 46.7 Å². The highest BCUT2D eigenvalue weighted by molar-refractivity contribution is 8.14. The van der Waals surface area contributed by atoms with E-state index in [1.54, 1.807) is 50.2 Å². The van der Waals surface area contributed by atoms with Crippen LogP contribution >= 0.6 is 11.8 Å². The number of thioether (sulfide) groups is 1. The number of ketones is 1. The molecule has 0 radical (unpaired) electrons. The molecule has 1 unspecified atom stereocenters. The molecular formula is C50H75NO15S. The first-order chi connectivity index (χ1) is 31.4. The Hall–Kier alpha value is -4.99. The average molecular weight is 962 g/mol. The molecule has 376 valence electrons. The maximum atomic E-state index is 12.9. The summed E-state index contributed by atoms with van der Waals surface area (Å²) in [4.78, 5) is 70.6. The van der Waals surface area contributed by atoms with E-state index < -0.39 is 64.8 Å². The second-order valence-electron chi connectivity index (χ2n) is 17.1. The molecule has 2 fully saturated rings. The highest BCUT2D eigenvalue weighted by Crippen LogP contribution is 2.54. The Labute approximate surface area is 401 Å². The molecule has 67 heavy (non-hydrogen) atoms. The minimum atomic E-state index is -1.20. The summed E-state index contributed by atoms with van der Waals surface area (Å²) in [5.41, 5.74) is -1.27. The number of carbonyl (C=O) groups is 6. The number of nitrogens with one attached hydrogen (secondary N) is 1. The first kappa shape index (κ1) is 62.0. The number of Topliss-reactive ketones (excluding diaryl/α,β-unsaturated/α-hetero) is 1. The Morgan fingerprint density at radius 1 is 0.985 bits per heavy atom. The van der Waals surface area contributed by atoms with Crippen molar-refractivity contribution in [3.8, 4) is 12.8 Å². The summed E-state index contributed by atoms with van der Waals surface area (Å²) in [6.07, 6.45) is 10.9. The van der Waals surface area contributed by atoms with Crippen molar-refractivity contribution in [2.45, 2.75) is 149 Å². The standard InChI is InChI=1S/C16H24O7.C16H20O3.C13H19NO4S.C2H6.C2H2.CH4O/c1-8(22-10(3)17)14(20)15(5)9(2)16(23-11(4)18)7-21-13(16)6-12(15)19;1-12-8-9-16(18,13(2)10-12)11-19-15(17)14-6-4-3-5-7-14;1-13(2,3)19-12(16)14-9(8-11(15)17-4)10-6-5-7-18-10;3*1-2/h8-9,12-13,19H,6-7H2,1-5H3;3-7,10,13,18H,8-9,11H2,1-2H3;5-7,9H,8H2,1-4H3,(H,14,16);1-2H3;1-2H;2H,1H3/t8-,9+,12+,13-,15+,16-;13?,16-;9-;;;/m111.../s1. The number of rotatable bonds is 11. The van der Waals surface area contributed by atoms with E-state index in [1.807, 2.05) is 47.6 Å². The Bertz CT molecular complexity index is 1910. The summed E-state index contributed by atoms with van der Waals surface area (Å²) < 4.78 is 30.9. The number of terminal acetylenes is 1. The fourth-order valence-electron chi connectivity index (χ4n) is 7.62.